The summed E-state index contributed by atoms with van der Waals surface area (Å²) in [4.78, 5) is 2.39. The van der Waals surface area contributed by atoms with E-state index in [-0.39, 0.29) is 0 Å². The van der Waals surface area contributed by atoms with Crippen molar-refractivity contribution in [3.05, 3.63) is 11.9 Å². The quantitative estimate of drug-likeness (QED) is 0.705. The first-order chi connectivity index (χ1) is 6.79. The molecule has 1 aliphatic heterocycles. The van der Waals surface area contributed by atoms with Gasteiger partial charge in [0.05, 0.1) is 5.69 Å². The number of likely N-dealkylation sites (tertiary alicyclic amines) is 1. The maximum absolute atomic E-state index is 5.89. The summed E-state index contributed by atoms with van der Waals surface area (Å²) in [6, 6.07) is 0.527. The van der Waals surface area contributed by atoms with Crippen LogP contribution in [0.25, 0.3) is 0 Å². The molecule has 5 heteroatoms. The lowest BCUT2D eigenvalue weighted by Gasteiger charge is -2.20. The van der Waals surface area contributed by atoms with Crippen molar-refractivity contribution in [1.29, 1.82) is 0 Å². The Morgan fingerprint density at radius 1 is 1.64 bits per heavy atom. The third-order valence-electron chi connectivity index (χ3n) is 2.69. The van der Waals surface area contributed by atoms with E-state index in [4.69, 9.17) is 11.6 Å². The molecule has 1 aromatic heterocycles. The predicted molar refractivity (Wildman–Crippen MR) is 55.2 cm³/mol. The smallest absolute Gasteiger partial charge is 0.0967 e. The fourth-order valence-electron chi connectivity index (χ4n) is 1.95. The monoisotopic (exact) mass is 214 g/mol. The summed E-state index contributed by atoms with van der Waals surface area (Å²) in [5.41, 5.74) is 1.03. The van der Waals surface area contributed by atoms with Crippen LogP contribution in [-0.4, -0.2) is 38.4 Å². The van der Waals surface area contributed by atoms with Crippen LogP contribution in [0.5, 0.6) is 0 Å². The number of halogens is 1. The molecule has 1 fully saturated rings. The largest absolute Gasteiger partial charge is 0.293 e. The highest BCUT2D eigenvalue weighted by atomic mass is 35.5. The van der Waals surface area contributed by atoms with E-state index in [9.17, 15) is 0 Å². The number of aryl methyl sites for hydroxylation is 1. The van der Waals surface area contributed by atoms with E-state index >= 15 is 0 Å². The Kier molecular flexibility index (Phi) is 3.03. The summed E-state index contributed by atoms with van der Waals surface area (Å²) < 4.78 is 1.74. The maximum Gasteiger partial charge on any atom is 0.0967 e. The highest BCUT2D eigenvalue weighted by Crippen LogP contribution is 2.19. The lowest BCUT2D eigenvalue weighted by molar-refractivity contribution is 0.259. The van der Waals surface area contributed by atoms with Gasteiger partial charge in [-0.2, -0.15) is 0 Å². The molecule has 0 spiro atoms. The van der Waals surface area contributed by atoms with Crippen molar-refractivity contribution in [2.75, 3.05) is 12.4 Å². The number of nitrogens with zero attached hydrogens (tertiary/aromatic N) is 4. The molecule has 0 N–H and O–H groups in total. The molecule has 1 aromatic rings. The molecule has 1 aliphatic rings. The van der Waals surface area contributed by atoms with Crippen LogP contribution in [0.15, 0.2) is 6.20 Å². The fourth-order valence-corrected chi connectivity index (χ4v) is 2.30. The van der Waals surface area contributed by atoms with Crippen LogP contribution < -0.4 is 0 Å². The summed E-state index contributed by atoms with van der Waals surface area (Å²) in [7, 11) is 1.89. The minimum Gasteiger partial charge on any atom is -0.293 e. The van der Waals surface area contributed by atoms with Crippen molar-refractivity contribution < 1.29 is 0 Å². The van der Waals surface area contributed by atoms with Crippen LogP contribution in [0.3, 0.4) is 0 Å². The van der Waals surface area contributed by atoms with Crippen molar-refractivity contribution in [1.82, 2.24) is 19.9 Å². The third-order valence-corrected chi connectivity index (χ3v) is 3.05. The van der Waals surface area contributed by atoms with Gasteiger partial charge >= 0.3 is 0 Å². The van der Waals surface area contributed by atoms with Crippen molar-refractivity contribution in [3.8, 4) is 0 Å². The summed E-state index contributed by atoms with van der Waals surface area (Å²) in [5.74, 6) is 0.722. The van der Waals surface area contributed by atoms with E-state index in [2.05, 4.69) is 15.2 Å². The first-order valence-electron chi connectivity index (χ1n) is 4.95. The molecule has 2 heterocycles. The molecule has 78 valence electrons. The first kappa shape index (κ1) is 9.93. The molecular weight excluding hydrogens is 200 g/mol. The predicted octanol–water partition coefficient (Wildman–Crippen LogP) is 1.02. The van der Waals surface area contributed by atoms with Crippen molar-refractivity contribution >= 4 is 11.6 Å². The lowest BCUT2D eigenvalue weighted by Crippen LogP contribution is -2.30. The van der Waals surface area contributed by atoms with Crippen LogP contribution in [0.2, 0.25) is 0 Å². The topological polar surface area (TPSA) is 34.0 Å². The molecule has 1 saturated heterocycles. The van der Waals surface area contributed by atoms with Crippen molar-refractivity contribution in [2.45, 2.75) is 25.4 Å². The molecule has 0 radical (unpaired) electrons. The van der Waals surface area contributed by atoms with Gasteiger partial charge in [0, 0.05) is 31.7 Å². The molecule has 1 unspecified atom stereocenters. The SMILES string of the molecule is Cn1cc(CN2CCCC2CCl)nn1. The molecule has 0 bridgehead atoms. The Morgan fingerprint density at radius 3 is 3.14 bits per heavy atom. The molecule has 0 saturated carbocycles. The zero-order chi connectivity index (χ0) is 9.97. The summed E-state index contributed by atoms with van der Waals surface area (Å²) >= 11 is 5.89. The first-order valence-corrected chi connectivity index (χ1v) is 5.48. The van der Waals surface area contributed by atoms with E-state index in [1.54, 1.807) is 4.68 Å². The van der Waals surface area contributed by atoms with Crippen LogP contribution in [0, 0.1) is 0 Å². The third kappa shape index (κ3) is 2.07. The van der Waals surface area contributed by atoms with Gasteiger partial charge in [0.15, 0.2) is 0 Å². The lowest BCUT2D eigenvalue weighted by atomic mass is 10.2. The molecule has 0 amide bonds. The Bertz CT molecular complexity index is 299. The van der Waals surface area contributed by atoms with Crippen molar-refractivity contribution in [2.24, 2.45) is 7.05 Å². The Labute approximate surface area is 88.8 Å². The average Bonchev–Trinajstić information content (AvgIpc) is 2.76. The molecule has 0 aliphatic carbocycles. The molecular formula is C9H15ClN4. The van der Waals surface area contributed by atoms with Gasteiger partial charge in [0.2, 0.25) is 0 Å². The van der Waals surface area contributed by atoms with Gasteiger partial charge in [0.25, 0.3) is 0 Å². The number of aromatic nitrogens is 3. The summed E-state index contributed by atoms with van der Waals surface area (Å²) in [6.07, 6.45) is 4.42. The Balaban J connectivity index is 1.96. The van der Waals surface area contributed by atoms with Gasteiger partial charge in [-0.3, -0.25) is 9.58 Å². The average molecular weight is 215 g/mol. The van der Waals surface area contributed by atoms with E-state index in [1.165, 1.54) is 12.8 Å². The zero-order valence-electron chi connectivity index (χ0n) is 8.36. The normalized spacial score (nSPS) is 23.1. The zero-order valence-corrected chi connectivity index (χ0v) is 9.11. The van der Waals surface area contributed by atoms with Crippen LogP contribution in [0.1, 0.15) is 18.5 Å². The van der Waals surface area contributed by atoms with Gasteiger partial charge in [0.1, 0.15) is 0 Å². The van der Waals surface area contributed by atoms with Gasteiger partial charge in [-0.05, 0) is 19.4 Å². The fraction of sp³-hybridized carbons (Fsp3) is 0.778. The van der Waals surface area contributed by atoms with Crippen molar-refractivity contribution in [3.63, 3.8) is 0 Å². The second kappa shape index (κ2) is 4.28. The number of hydrogen-bond donors (Lipinski definition) is 0. The highest BCUT2D eigenvalue weighted by Gasteiger charge is 2.24. The van der Waals surface area contributed by atoms with Gasteiger partial charge in [-0.1, -0.05) is 5.21 Å². The van der Waals surface area contributed by atoms with Crippen LogP contribution in [0.4, 0.5) is 0 Å². The van der Waals surface area contributed by atoms with Gasteiger partial charge in [-0.25, -0.2) is 0 Å². The summed E-state index contributed by atoms with van der Waals surface area (Å²) in [6.45, 7) is 2.01. The molecule has 4 nitrogen and oxygen atoms in total. The minimum atomic E-state index is 0.527. The van der Waals surface area contributed by atoms with Crippen LogP contribution in [-0.2, 0) is 13.6 Å². The number of rotatable bonds is 3. The van der Waals surface area contributed by atoms with Gasteiger partial charge in [-0.15, -0.1) is 16.7 Å². The van der Waals surface area contributed by atoms with Gasteiger partial charge < -0.3 is 0 Å². The van der Waals surface area contributed by atoms with E-state index < -0.39 is 0 Å². The second-order valence-electron chi connectivity index (χ2n) is 3.80. The molecule has 14 heavy (non-hydrogen) atoms. The van der Waals surface area contributed by atoms with E-state index in [0.717, 1.165) is 24.7 Å². The summed E-state index contributed by atoms with van der Waals surface area (Å²) in [5, 5.41) is 7.99. The molecule has 1 atom stereocenters. The second-order valence-corrected chi connectivity index (χ2v) is 4.11. The number of alkyl halides is 1. The maximum atomic E-state index is 5.89. The standard InChI is InChI=1S/C9H15ClN4/c1-13-6-8(11-12-13)7-14-4-2-3-9(14)5-10/h6,9H,2-5,7H2,1H3. The van der Waals surface area contributed by atoms with E-state index in [1.807, 2.05) is 13.2 Å². The molecule has 2 rings (SSSR count). The Morgan fingerprint density at radius 2 is 2.50 bits per heavy atom. The van der Waals surface area contributed by atoms with Crippen LogP contribution >= 0.6 is 11.6 Å². The highest BCUT2D eigenvalue weighted by molar-refractivity contribution is 6.18. The Hall–Kier alpha value is -0.610. The number of hydrogen-bond acceptors (Lipinski definition) is 3. The van der Waals surface area contributed by atoms with E-state index in [0.29, 0.717) is 6.04 Å². The minimum absolute atomic E-state index is 0.527. The molecule has 0 aromatic carbocycles.